The average Bonchev–Trinajstić information content (AvgIpc) is 3.05. The summed E-state index contributed by atoms with van der Waals surface area (Å²) in [6, 6.07) is 24.2. The molecule has 0 amide bonds. The van der Waals surface area contributed by atoms with Gasteiger partial charge >= 0.3 is 0 Å². The van der Waals surface area contributed by atoms with Gasteiger partial charge in [-0.05, 0) is 35.4 Å². The van der Waals surface area contributed by atoms with E-state index in [1.165, 1.54) is 83.3 Å². The van der Waals surface area contributed by atoms with Crippen LogP contribution in [0.4, 0.5) is 0 Å². The van der Waals surface area contributed by atoms with Crippen LogP contribution in [-0.4, -0.2) is 30.6 Å². The number of unbranched alkanes of at least 4 members (excludes halogenated alkanes) is 13. The molecule has 2 heterocycles. The van der Waals surface area contributed by atoms with Gasteiger partial charge < -0.3 is 0 Å². The van der Waals surface area contributed by atoms with E-state index in [2.05, 4.69) is 29.8 Å². The Morgan fingerprint density at radius 3 is 1.72 bits per heavy atom. The molecule has 4 aromatic carbocycles. The number of aromatic nitrogens is 2. The minimum Gasteiger partial charge on any atom is -0.268 e. The summed E-state index contributed by atoms with van der Waals surface area (Å²) in [5.74, 6) is 0. The Morgan fingerprint density at radius 1 is 0.630 bits per heavy atom. The number of sulfonamides is 1. The summed E-state index contributed by atoms with van der Waals surface area (Å²) in [7, 11) is -2.99. The molecule has 46 heavy (non-hydrogen) atoms. The molecular formula is C39H49N3O3S. The molecule has 0 spiro atoms. The molecule has 0 radical (unpaired) electrons. The van der Waals surface area contributed by atoms with E-state index in [1.807, 2.05) is 54.6 Å². The molecule has 0 unspecified atom stereocenters. The van der Waals surface area contributed by atoms with Crippen LogP contribution in [0.15, 0.2) is 77.6 Å². The molecule has 2 aromatic heterocycles. The zero-order valence-electron chi connectivity index (χ0n) is 27.6. The number of hydrogen-bond acceptors (Lipinski definition) is 4. The molecule has 244 valence electrons. The topological polar surface area (TPSA) is 80.5 Å². The quantitative estimate of drug-likeness (QED) is 0.0649. The van der Waals surface area contributed by atoms with Gasteiger partial charge in [-0.2, -0.15) is 0 Å². The number of fused-ring (bicyclic) bond motifs is 3. The van der Waals surface area contributed by atoms with Gasteiger partial charge in [-0.25, -0.2) is 18.1 Å². The summed E-state index contributed by atoms with van der Waals surface area (Å²) in [5.41, 5.74) is 2.55. The maximum absolute atomic E-state index is 13.3. The standard InChI is InChI=1S/C22H12N2O.C17H37NO2S/c25-22-16-10-2-6-13-5-1-9-15(19(13)16)21-23-17-11-3-7-14-8-4-12-18(20(14)17)24(21)22;1-3-4-5-6-7-8-9-10-11-12-13-14-15-16-17-18-21(2,19)20/h1-12H;18H,3-17H2,1-2H3. The van der Waals surface area contributed by atoms with Crippen LogP contribution in [0.1, 0.15) is 96.8 Å². The second-order valence-electron chi connectivity index (χ2n) is 12.7. The summed E-state index contributed by atoms with van der Waals surface area (Å²) in [5, 5.41) is 5.96. The fourth-order valence-corrected chi connectivity index (χ4v) is 7.16. The number of rotatable bonds is 16. The molecule has 1 N–H and O–H groups in total. The van der Waals surface area contributed by atoms with Crippen molar-refractivity contribution in [2.24, 2.45) is 0 Å². The SMILES string of the molecule is CCCCCCCCCCCCCCCCNS(C)(=O)=O.O=c1c2cccc3cccc(c32)c2nc3cccc4cccc(c43)n12. The zero-order valence-corrected chi connectivity index (χ0v) is 28.4. The van der Waals surface area contributed by atoms with Crippen molar-refractivity contribution in [3.63, 3.8) is 0 Å². The molecule has 0 saturated heterocycles. The van der Waals surface area contributed by atoms with Gasteiger partial charge in [0.05, 0.1) is 17.3 Å². The van der Waals surface area contributed by atoms with E-state index in [0.717, 1.165) is 61.8 Å². The monoisotopic (exact) mass is 639 g/mol. The van der Waals surface area contributed by atoms with Crippen LogP contribution in [0, 0.1) is 0 Å². The second kappa shape index (κ2) is 16.3. The van der Waals surface area contributed by atoms with Gasteiger partial charge in [0.1, 0.15) is 5.65 Å². The zero-order chi connectivity index (χ0) is 32.4. The van der Waals surface area contributed by atoms with Crippen LogP contribution in [0.5, 0.6) is 0 Å². The molecule has 6 aromatic rings. The minimum atomic E-state index is -2.99. The summed E-state index contributed by atoms with van der Waals surface area (Å²) in [6.45, 7) is 2.86. The van der Waals surface area contributed by atoms with Crippen LogP contribution in [0.25, 0.3) is 49.0 Å². The van der Waals surface area contributed by atoms with Gasteiger partial charge in [0.15, 0.2) is 0 Å². The van der Waals surface area contributed by atoms with Gasteiger partial charge in [0, 0.05) is 28.1 Å². The highest BCUT2D eigenvalue weighted by molar-refractivity contribution is 7.88. The Morgan fingerprint density at radius 2 is 1.13 bits per heavy atom. The fourth-order valence-electron chi connectivity index (χ4n) is 6.65. The largest absolute Gasteiger partial charge is 0.268 e. The van der Waals surface area contributed by atoms with Crippen molar-refractivity contribution in [1.82, 2.24) is 14.1 Å². The normalized spacial score (nSPS) is 12.0. The fraction of sp³-hybridized carbons (Fsp3) is 0.436. The highest BCUT2D eigenvalue weighted by atomic mass is 32.2. The highest BCUT2D eigenvalue weighted by Gasteiger charge is 2.15. The van der Waals surface area contributed by atoms with Gasteiger partial charge in [0.2, 0.25) is 10.0 Å². The van der Waals surface area contributed by atoms with E-state index in [9.17, 15) is 13.2 Å². The first kappa shape index (κ1) is 33.8. The van der Waals surface area contributed by atoms with E-state index in [-0.39, 0.29) is 5.56 Å². The van der Waals surface area contributed by atoms with Crippen LogP contribution in [-0.2, 0) is 10.0 Å². The minimum absolute atomic E-state index is 0.00921. The lowest BCUT2D eigenvalue weighted by molar-refractivity contribution is 0.533. The van der Waals surface area contributed by atoms with E-state index >= 15 is 0 Å². The lowest BCUT2D eigenvalue weighted by Crippen LogP contribution is -2.22. The molecular weight excluding hydrogens is 591 g/mol. The van der Waals surface area contributed by atoms with Crippen LogP contribution >= 0.6 is 0 Å². The third kappa shape index (κ3) is 8.42. The van der Waals surface area contributed by atoms with Crippen molar-refractivity contribution in [3.8, 4) is 0 Å². The predicted octanol–water partition coefficient (Wildman–Crippen LogP) is 9.76. The average molecular weight is 640 g/mol. The Kier molecular flexibility index (Phi) is 12.0. The van der Waals surface area contributed by atoms with Crippen LogP contribution in [0.2, 0.25) is 0 Å². The molecule has 7 heteroatoms. The van der Waals surface area contributed by atoms with Gasteiger partial charge in [-0.1, -0.05) is 145 Å². The van der Waals surface area contributed by atoms with Gasteiger partial charge in [-0.3, -0.25) is 9.20 Å². The highest BCUT2D eigenvalue weighted by Crippen LogP contribution is 2.31. The number of pyridine rings is 1. The third-order valence-corrected chi connectivity index (χ3v) is 9.74. The molecule has 0 aliphatic rings. The summed E-state index contributed by atoms with van der Waals surface area (Å²) < 4.78 is 26.0. The smallest absolute Gasteiger partial charge is 0.264 e. The Balaban J connectivity index is 0.000000186. The molecule has 0 fully saturated rings. The van der Waals surface area contributed by atoms with Crippen molar-refractivity contribution >= 4 is 59.0 Å². The van der Waals surface area contributed by atoms with Crippen molar-refractivity contribution in [3.05, 3.63) is 83.2 Å². The number of nitrogens with one attached hydrogen (secondary N) is 1. The lowest BCUT2D eigenvalue weighted by Gasteiger charge is -2.13. The summed E-state index contributed by atoms with van der Waals surface area (Å²) >= 11 is 0. The van der Waals surface area contributed by atoms with Crippen molar-refractivity contribution in [2.75, 3.05) is 12.8 Å². The first-order valence-electron chi connectivity index (χ1n) is 17.3. The number of benzene rings is 4. The van der Waals surface area contributed by atoms with Crippen molar-refractivity contribution in [2.45, 2.75) is 96.8 Å². The van der Waals surface area contributed by atoms with Gasteiger partial charge in [0.25, 0.3) is 5.56 Å². The lowest BCUT2D eigenvalue weighted by atomic mass is 10.0. The first-order chi connectivity index (χ1) is 22.4. The van der Waals surface area contributed by atoms with Crippen LogP contribution in [0.3, 0.4) is 0 Å². The molecule has 0 saturated carbocycles. The maximum atomic E-state index is 13.3. The molecule has 0 aliphatic carbocycles. The van der Waals surface area contributed by atoms with E-state index < -0.39 is 10.0 Å². The predicted molar refractivity (Wildman–Crippen MR) is 196 cm³/mol. The second-order valence-corrected chi connectivity index (χ2v) is 14.5. The third-order valence-electron chi connectivity index (χ3n) is 9.01. The van der Waals surface area contributed by atoms with E-state index in [1.54, 1.807) is 4.40 Å². The molecule has 0 bridgehead atoms. The number of nitrogens with zero attached hydrogens (tertiary/aromatic N) is 2. The molecule has 0 aliphatic heterocycles. The van der Waals surface area contributed by atoms with Crippen LogP contribution < -0.4 is 10.3 Å². The summed E-state index contributed by atoms with van der Waals surface area (Å²) in [6.07, 6.45) is 19.8. The Labute approximate surface area is 273 Å². The van der Waals surface area contributed by atoms with E-state index in [0.29, 0.717) is 6.54 Å². The van der Waals surface area contributed by atoms with Crippen molar-refractivity contribution < 1.29 is 8.42 Å². The Hall–Kier alpha value is -3.55. The van der Waals surface area contributed by atoms with E-state index in [4.69, 9.17) is 4.98 Å². The maximum Gasteiger partial charge on any atom is 0.264 e. The Bertz CT molecular complexity index is 2020. The molecule has 6 rings (SSSR count). The molecule has 0 atom stereocenters. The first-order valence-corrected chi connectivity index (χ1v) is 19.2. The van der Waals surface area contributed by atoms with Gasteiger partial charge in [-0.15, -0.1) is 0 Å². The van der Waals surface area contributed by atoms with Crippen molar-refractivity contribution in [1.29, 1.82) is 0 Å². The number of hydrogen-bond donors (Lipinski definition) is 1. The summed E-state index contributed by atoms with van der Waals surface area (Å²) in [4.78, 5) is 18.2. The molecule has 6 nitrogen and oxygen atoms in total.